The van der Waals surface area contributed by atoms with Gasteiger partial charge in [-0.3, -0.25) is 4.79 Å². The first-order chi connectivity index (χ1) is 11.7. The molecule has 0 aliphatic heterocycles. The van der Waals surface area contributed by atoms with Crippen molar-refractivity contribution in [2.45, 2.75) is 23.6 Å². The van der Waals surface area contributed by atoms with Crippen LogP contribution in [-0.2, 0) is 10.0 Å². The first-order valence-electron chi connectivity index (χ1n) is 7.66. The Morgan fingerprint density at radius 3 is 2.36 bits per heavy atom. The number of amides is 1. The number of sulfonamides is 1. The summed E-state index contributed by atoms with van der Waals surface area (Å²) >= 11 is 1.49. The van der Waals surface area contributed by atoms with Crippen LogP contribution in [0.5, 0.6) is 0 Å². The maximum Gasteiger partial charge on any atom is 0.256 e. The zero-order valence-electron chi connectivity index (χ0n) is 15.0. The Morgan fingerprint density at radius 1 is 1.12 bits per heavy atom. The number of nitrogens with zero attached hydrogens (tertiary/aromatic N) is 1. The van der Waals surface area contributed by atoms with Crippen molar-refractivity contribution in [3.8, 4) is 0 Å². The van der Waals surface area contributed by atoms with Gasteiger partial charge in [-0.15, -0.1) is 11.8 Å². The van der Waals surface area contributed by atoms with E-state index in [1.807, 2.05) is 32.2 Å². The van der Waals surface area contributed by atoms with E-state index in [1.54, 1.807) is 18.2 Å². The molecule has 0 radical (unpaired) electrons. The van der Waals surface area contributed by atoms with E-state index in [2.05, 4.69) is 5.32 Å². The summed E-state index contributed by atoms with van der Waals surface area (Å²) < 4.78 is 26.0. The lowest BCUT2D eigenvalue weighted by Crippen LogP contribution is -2.23. The molecule has 0 saturated heterocycles. The SMILES string of the molecule is CSc1ccccc1C(=O)Nc1cc(S(=O)(=O)N(C)C)cc(C)c1C. The Kier molecular flexibility index (Phi) is 5.92. The third-order valence-electron chi connectivity index (χ3n) is 4.02. The normalized spacial score (nSPS) is 11.6. The number of nitrogens with one attached hydrogen (secondary N) is 1. The van der Waals surface area contributed by atoms with Gasteiger partial charge < -0.3 is 5.32 Å². The zero-order valence-corrected chi connectivity index (χ0v) is 16.6. The molecule has 2 aromatic rings. The Labute approximate surface area is 153 Å². The molecule has 1 N–H and O–H groups in total. The Morgan fingerprint density at radius 2 is 1.76 bits per heavy atom. The highest BCUT2D eigenvalue weighted by molar-refractivity contribution is 7.98. The van der Waals surface area contributed by atoms with E-state index in [1.165, 1.54) is 31.9 Å². The van der Waals surface area contributed by atoms with E-state index in [0.717, 1.165) is 20.3 Å². The molecule has 0 saturated carbocycles. The van der Waals surface area contributed by atoms with Gasteiger partial charge in [0.25, 0.3) is 5.91 Å². The van der Waals surface area contributed by atoms with Gasteiger partial charge in [0.1, 0.15) is 0 Å². The molecule has 0 bridgehead atoms. The standard InChI is InChI=1S/C18H22N2O3S2/c1-12-10-14(25(22,23)20(3)4)11-16(13(12)2)19-18(21)15-8-6-7-9-17(15)24-5/h6-11H,1-5H3,(H,19,21). The second kappa shape index (κ2) is 7.59. The van der Waals surface area contributed by atoms with Crippen LogP contribution in [0.2, 0.25) is 0 Å². The topological polar surface area (TPSA) is 66.5 Å². The minimum Gasteiger partial charge on any atom is -0.322 e. The lowest BCUT2D eigenvalue weighted by atomic mass is 10.1. The second-order valence-electron chi connectivity index (χ2n) is 5.85. The molecule has 5 nitrogen and oxygen atoms in total. The molecule has 134 valence electrons. The van der Waals surface area contributed by atoms with E-state index in [9.17, 15) is 13.2 Å². The van der Waals surface area contributed by atoms with E-state index in [-0.39, 0.29) is 10.8 Å². The minimum absolute atomic E-state index is 0.161. The first-order valence-corrected chi connectivity index (χ1v) is 10.3. The molecular weight excluding hydrogens is 356 g/mol. The summed E-state index contributed by atoms with van der Waals surface area (Å²) in [6.07, 6.45) is 1.91. The number of benzene rings is 2. The van der Waals surface area contributed by atoms with Gasteiger partial charge >= 0.3 is 0 Å². The van der Waals surface area contributed by atoms with Crippen molar-refractivity contribution in [2.24, 2.45) is 0 Å². The first kappa shape index (κ1) is 19.5. The van der Waals surface area contributed by atoms with Crippen molar-refractivity contribution in [3.63, 3.8) is 0 Å². The minimum atomic E-state index is -3.57. The quantitative estimate of drug-likeness (QED) is 0.809. The predicted octanol–water partition coefficient (Wildman–Crippen LogP) is 3.53. The molecule has 7 heteroatoms. The highest BCUT2D eigenvalue weighted by Crippen LogP contribution is 2.27. The zero-order chi connectivity index (χ0) is 18.8. The van der Waals surface area contributed by atoms with Crippen molar-refractivity contribution < 1.29 is 13.2 Å². The van der Waals surface area contributed by atoms with Crippen LogP contribution in [0.1, 0.15) is 21.5 Å². The second-order valence-corrected chi connectivity index (χ2v) is 8.85. The van der Waals surface area contributed by atoms with Crippen LogP contribution in [0.3, 0.4) is 0 Å². The Balaban J connectivity index is 2.46. The monoisotopic (exact) mass is 378 g/mol. The van der Waals surface area contributed by atoms with E-state index in [0.29, 0.717) is 11.3 Å². The van der Waals surface area contributed by atoms with Gasteiger partial charge in [-0.25, -0.2) is 12.7 Å². The van der Waals surface area contributed by atoms with Crippen molar-refractivity contribution in [1.29, 1.82) is 0 Å². The van der Waals surface area contributed by atoms with E-state index < -0.39 is 10.0 Å². The van der Waals surface area contributed by atoms with E-state index in [4.69, 9.17) is 0 Å². The van der Waals surface area contributed by atoms with Crippen LogP contribution in [0.25, 0.3) is 0 Å². The average molecular weight is 379 g/mol. The summed E-state index contributed by atoms with van der Waals surface area (Å²) in [4.78, 5) is 13.7. The molecule has 0 aliphatic rings. The van der Waals surface area contributed by atoms with Gasteiger partial charge in [0.15, 0.2) is 0 Å². The van der Waals surface area contributed by atoms with Gasteiger partial charge in [0.2, 0.25) is 10.0 Å². The summed E-state index contributed by atoms with van der Waals surface area (Å²) in [6.45, 7) is 3.69. The largest absolute Gasteiger partial charge is 0.322 e. The van der Waals surface area contributed by atoms with Crippen LogP contribution in [0.4, 0.5) is 5.69 Å². The number of rotatable bonds is 5. The third-order valence-corrected chi connectivity index (χ3v) is 6.61. The van der Waals surface area contributed by atoms with Gasteiger partial charge in [0, 0.05) is 24.7 Å². The number of hydrogen-bond donors (Lipinski definition) is 1. The summed E-state index contributed by atoms with van der Waals surface area (Å²) in [5, 5.41) is 2.86. The average Bonchev–Trinajstić information content (AvgIpc) is 2.58. The number of hydrogen-bond acceptors (Lipinski definition) is 4. The molecule has 0 aromatic heterocycles. The molecule has 2 rings (SSSR count). The van der Waals surface area contributed by atoms with Crippen molar-refractivity contribution in [3.05, 3.63) is 53.1 Å². The molecule has 1 amide bonds. The van der Waals surface area contributed by atoms with Gasteiger partial charge in [-0.2, -0.15) is 0 Å². The van der Waals surface area contributed by atoms with Crippen molar-refractivity contribution >= 4 is 33.4 Å². The molecule has 0 fully saturated rings. The number of aryl methyl sites for hydroxylation is 1. The molecule has 0 spiro atoms. The van der Waals surface area contributed by atoms with Crippen LogP contribution in [-0.4, -0.2) is 39.0 Å². The molecule has 0 aliphatic carbocycles. The summed E-state index contributed by atoms with van der Waals surface area (Å²) in [5.74, 6) is -0.258. The number of thioether (sulfide) groups is 1. The molecule has 2 aromatic carbocycles. The molecule has 0 atom stereocenters. The van der Waals surface area contributed by atoms with Crippen LogP contribution >= 0.6 is 11.8 Å². The molecular formula is C18H22N2O3S2. The number of carbonyl (C=O) groups excluding carboxylic acids is 1. The predicted molar refractivity (Wildman–Crippen MR) is 103 cm³/mol. The highest BCUT2D eigenvalue weighted by atomic mass is 32.2. The highest BCUT2D eigenvalue weighted by Gasteiger charge is 2.20. The van der Waals surface area contributed by atoms with Crippen molar-refractivity contribution in [1.82, 2.24) is 4.31 Å². The van der Waals surface area contributed by atoms with Crippen LogP contribution in [0.15, 0.2) is 46.2 Å². The molecule has 25 heavy (non-hydrogen) atoms. The van der Waals surface area contributed by atoms with Crippen molar-refractivity contribution in [2.75, 3.05) is 25.7 Å². The maximum atomic E-state index is 12.7. The van der Waals surface area contributed by atoms with E-state index >= 15 is 0 Å². The fraction of sp³-hybridized carbons (Fsp3) is 0.278. The lowest BCUT2D eigenvalue weighted by molar-refractivity contribution is 0.102. The van der Waals surface area contributed by atoms with Gasteiger partial charge in [-0.1, -0.05) is 12.1 Å². The Hall–Kier alpha value is -1.83. The fourth-order valence-electron chi connectivity index (χ4n) is 2.34. The summed E-state index contributed by atoms with van der Waals surface area (Å²) in [6, 6.07) is 10.4. The fourth-order valence-corrected chi connectivity index (χ4v) is 3.95. The Bertz CT molecular complexity index is 907. The van der Waals surface area contributed by atoms with Gasteiger partial charge in [-0.05, 0) is 55.5 Å². The number of anilines is 1. The summed E-state index contributed by atoms with van der Waals surface area (Å²) in [7, 11) is -0.607. The smallest absolute Gasteiger partial charge is 0.256 e. The lowest BCUT2D eigenvalue weighted by Gasteiger charge is -2.17. The summed E-state index contributed by atoms with van der Waals surface area (Å²) in [5.41, 5.74) is 2.71. The molecule has 0 unspecified atom stereocenters. The van der Waals surface area contributed by atoms with Gasteiger partial charge in [0.05, 0.1) is 10.5 Å². The third kappa shape index (κ3) is 4.05. The number of carbonyl (C=O) groups is 1. The maximum absolute atomic E-state index is 12.7. The molecule has 0 heterocycles. The van der Waals surface area contributed by atoms with Crippen LogP contribution in [0, 0.1) is 13.8 Å². The van der Waals surface area contributed by atoms with Crippen LogP contribution < -0.4 is 5.32 Å².